The number of carbonyl (C=O) groups is 2. The van der Waals surface area contributed by atoms with Gasteiger partial charge in [-0.15, -0.1) is 0 Å². The summed E-state index contributed by atoms with van der Waals surface area (Å²) in [5, 5.41) is 18.0. The van der Waals surface area contributed by atoms with Crippen LogP contribution in [0.2, 0.25) is 0 Å². The van der Waals surface area contributed by atoms with E-state index >= 15 is 0 Å². The van der Waals surface area contributed by atoms with Crippen LogP contribution in [0.1, 0.15) is 10.4 Å². The minimum absolute atomic E-state index is 0.155. The van der Waals surface area contributed by atoms with E-state index in [1.807, 2.05) is 0 Å². The average Bonchev–Trinajstić information content (AvgIpc) is 2.57. The summed E-state index contributed by atoms with van der Waals surface area (Å²) < 4.78 is 20.0. The first-order valence-electron chi connectivity index (χ1n) is 6.34. The summed E-state index contributed by atoms with van der Waals surface area (Å²) in [4.78, 5) is 22.4. The van der Waals surface area contributed by atoms with Gasteiger partial charge >= 0.3 is 5.97 Å². The second-order valence-corrected chi connectivity index (χ2v) is 4.17. The van der Waals surface area contributed by atoms with Gasteiger partial charge < -0.3 is 29.2 Å². The van der Waals surface area contributed by atoms with Crippen LogP contribution in [0.25, 0.3) is 0 Å². The normalized spacial score (nSPS) is 13.1. The summed E-state index contributed by atoms with van der Waals surface area (Å²) in [5.41, 5.74) is 0.371. The predicted octanol–water partition coefficient (Wildman–Crippen LogP) is -0.245. The van der Waals surface area contributed by atoms with E-state index in [2.05, 4.69) is 4.74 Å². The summed E-state index contributed by atoms with van der Waals surface area (Å²) in [5.74, 6) is -0.446. The van der Waals surface area contributed by atoms with Gasteiger partial charge in [0.05, 0.1) is 27.4 Å². The Labute approximate surface area is 127 Å². The molecule has 8 nitrogen and oxygen atoms in total. The standard InChI is InChI=1S/C14H18O8/c1-19-12-5-9(6-15)3-4-11(12)22-14(13(18)20-2)21-8-10(17)7-16/h3-6,10,14,16-17H,7-8H2,1-2H3. The van der Waals surface area contributed by atoms with E-state index in [0.29, 0.717) is 11.8 Å². The third-order valence-electron chi connectivity index (χ3n) is 2.60. The molecule has 0 radical (unpaired) electrons. The molecule has 1 aromatic rings. The van der Waals surface area contributed by atoms with Crippen LogP contribution >= 0.6 is 0 Å². The number of benzene rings is 1. The molecule has 22 heavy (non-hydrogen) atoms. The lowest BCUT2D eigenvalue weighted by Crippen LogP contribution is -2.35. The van der Waals surface area contributed by atoms with Crippen LogP contribution in [-0.4, -0.2) is 62.3 Å². The van der Waals surface area contributed by atoms with Crippen LogP contribution in [0.5, 0.6) is 11.5 Å². The largest absolute Gasteiger partial charge is 0.493 e. The lowest BCUT2D eigenvalue weighted by atomic mass is 10.2. The van der Waals surface area contributed by atoms with Crippen molar-refractivity contribution in [2.24, 2.45) is 0 Å². The SMILES string of the molecule is COC(=O)C(OCC(O)CO)Oc1ccc(C=O)cc1OC. The Hall–Kier alpha value is -2.16. The van der Waals surface area contributed by atoms with Crippen molar-refractivity contribution in [2.45, 2.75) is 12.4 Å². The Morgan fingerprint density at radius 2 is 2.05 bits per heavy atom. The van der Waals surface area contributed by atoms with E-state index in [4.69, 9.17) is 19.3 Å². The third kappa shape index (κ3) is 4.99. The van der Waals surface area contributed by atoms with Gasteiger partial charge in [-0.1, -0.05) is 0 Å². The van der Waals surface area contributed by atoms with Gasteiger partial charge in [0.15, 0.2) is 11.5 Å². The van der Waals surface area contributed by atoms with E-state index in [9.17, 15) is 14.7 Å². The number of hydrogen-bond donors (Lipinski definition) is 2. The number of aliphatic hydroxyl groups excluding tert-OH is 2. The second-order valence-electron chi connectivity index (χ2n) is 4.17. The topological polar surface area (TPSA) is 112 Å². The smallest absolute Gasteiger partial charge is 0.376 e. The maximum atomic E-state index is 11.6. The van der Waals surface area contributed by atoms with Crippen molar-refractivity contribution in [2.75, 3.05) is 27.4 Å². The fourth-order valence-electron chi connectivity index (χ4n) is 1.47. The Morgan fingerprint density at radius 1 is 1.32 bits per heavy atom. The molecule has 0 saturated carbocycles. The zero-order chi connectivity index (χ0) is 16.5. The molecule has 2 unspecified atom stereocenters. The number of aliphatic hydroxyl groups is 2. The molecule has 0 amide bonds. The fourth-order valence-corrected chi connectivity index (χ4v) is 1.47. The second kappa shape index (κ2) is 8.98. The van der Waals surface area contributed by atoms with Crippen molar-refractivity contribution < 1.29 is 38.7 Å². The first-order chi connectivity index (χ1) is 10.5. The van der Waals surface area contributed by atoms with Crippen LogP contribution in [0.3, 0.4) is 0 Å². The lowest BCUT2D eigenvalue weighted by molar-refractivity contribution is -0.179. The van der Waals surface area contributed by atoms with Crippen LogP contribution in [-0.2, 0) is 14.3 Å². The Kier molecular flexibility index (Phi) is 7.30. The van der Waals surface area contributed by atoms with Gasteiger partial charge in [-0.25, -0.2) is 4.79 Å². The molecule has 0 fully saturated rings. The van der Waals surface area contributed by atoms with Crippen molar-refractivity contribution >= 4 is 12.3 Å². The molecule has 0 aliphatic heterocycles. The van der Waals surface area contributed by atoms with Gasteiger partial charge in [0.2, 0.25) is 0 Å². The molecular formula is C14H18O8. The molecular weight excluding hydrogens is 296 g/mol. The van der Waals surface area contributed by atoms with Gasteiger partial charge in [-0.2, -0.15) is 0 Å². The molecule has 1 aromatic carbocycles. The maximum Gasteiger partial charge on any atom is 0.376 e. The molecule has 1 rings (SSSR count). The van der Waals surface area contributed by atoms with Crippen molar-refractivity contribution in [3.05, 3.63) is 23.8 Å². The monoisotopic (exact) mass is 314 g/mol. The molecule has 0 spiro atoms. The highest BCUT2D eigenvalue weighted by atomic mass is 16.7. The Morgan fingerprint density at radius 3 is 2.59 bits per heavy atom. The van der Waals surface area contributed by atoms with Crippen LogP contribution < -0.4 is 9.47 Å². The molecule has 122 valence electrons. The van der Waals surface area contributed by atoms with E-state index in [0.717, 1.165) is 7.11 Å². The fraction of sp³-hybridized carbons (Fsp3) is 0.429. The molecule has 0 aliphatic carbocycles. The van der Waals surface area contributed by atoms with Gasteiger partial charge in [0, 0.05) is 5.56 Å². The summed E-state index contributed by atoms with van der Waals surface area (Å²) in [6.07, 6.45) is -1.98. The molecule has 0 aromatic heterocycles. The van der Waals surface area contributed by atoms with E-state index in [1.165, 1.54) is 25.3 Å². The quantitative estimate of drug-likeness (QED) is 0.365. The zero-order valence-electron chi connectivity index (χ0n) is 12.2. The van der Waals surface area contributed by atoms with Crippen LogP contribution in [0.15, 0.2) is 18.2 Å². The van der Waals surface area contributed by atoms with Crippen molar-refractivity contribution in [3.63, 3.8) is 0 Å². The Balaban J connectivity index is 2.88. The highest BCUT2D eigenvalue weighted by Gasteiger charge is 2.24. The Bertz CT molecular complexity index is 502. The molecule has 0 bridgehead atoms. The number of methoxy groups -OCH3 is 2. The number of ether oxygens (including phenoxy) is 4. The zero-order valence-corrected chi connectivity index (χ0v) is 12.2. The average molecular weight is 314 g/mol. The molecule has 2 N–H and O–H groups in total. The summed E-state index contributed by atoms with van der Waals surface area (Å²) in [6.45, 7) is -0.851. The first-order valence-corrected chi connectivity index (χ1v) is 6.34. The minimum Gasteiger partial charge on any atom is -0.493 e. The van der Waals surface area contributed by atoms with E-state index in [-0.39, 0.29) is 18.1 Å². The minimum atomic E-state index is -1.46. The highest BCUT2D eigenvalue weighted by Crippen LogP contribution is 2.28. The molecule has 8 heteroatoms. The molecule has 0 aliphatic rings. The van der Waals surface area contributed by atoms with Gasteiger partial charge in [-0.05, 0) is 18.2 Å². The number of esters is 1. The lowest BCUT2D eigenvalue weighted by Gasteiger charge is -2.20. The molecule has 0 saturated heterocycles. The summed E-state index contributed by atoms with van der Waals surface area (Å²) in [6, 6.07) is 4.34. The summed E-state index contributed by atoms with van der Waals surface area (Å²) >= 11 is 0. The van der Waals surface area contributed by atoms with Crippen molar-refractivity contribution in [1.82, 2.24) is 0 Å². The number of rotatable bonds is 9. The third-order valence-corrected chi connectivity index (χ3v) is 2.60. The number of hydrogen-bond acceptors (Lipinski definition) is 8. The summed E-state index contributed by atoms with van der Waals surface area (Å²) in [7, 11) is 2.53. The number of carbonyl (C=O) groups excluding carboxylic acids is 2. The predicted molar refractivity (Wildman–Crippen MR) is 73.9 cm³/mol. The molecule has 2 atom stereocenters. The first kappa shape index (κ1) is 17.9. The van der Waals surface area contributed by atoms with E-state index < -0.39 is 25.0 Å². The van der Waals surface area contributed by atoms with Gasteiger partial charge in [0.1, 0.15) is 12.4 Å². The van der Waals surface area contributed by atoms with Gasteiger partial charge in [0.25, 0.3) is 6.29 Å². The highest BCUT2D eigenvalue weighted by molar-refractivity contribution is 5.77. The van der Waals surface area contributed by atoms with Crippen LogP contribution in [0, 0.1) is 0 Å². The maximum absolute atomic E-state index is 11.6. The molecule has 0 heterocycles. The van der Waals surface area contributed by atoms with Crippen molar-refractivity contribution in [3.8, 4) is 11.5 Å². The van der Waals surface area contributed by atoms with Crippen LogP contribution in [0.4, 0.5) is 0 Å². The van der Waals surface area contributed by atoms with Gasteiger partial charge in [-0.3, -0.25) is 4.79 Å². The van der Waals surface area contributed by atoms with Crippen molar-refractivity contribution in [1.29, 1.82) is 0 Å². The number of aldehydes is 1. The van der Waals surface area contributed by atoms with E-state index in [1.54, 1.807) is 0 Å².